The van der Waals surface area contributed by atoms with Crippen LogP contribution in [0.5, 0.6) is 0 Å². The number of fused-ring (bicyclic) bond motifs is 1. The van der Waals surface area contributed by atoms with Crippen molar-refractivity contribution >= 4 is 11.0 Å². The van der Waals surface area contributed by atoms with Crippen LogP contribution in [0.25, 0.3) is 11.0 Å². The minimum Gasteiger partial charge on any atom is -0.459 e. The summed E-state index contributed by atoms with van der Waals surface area (Å²) < 4.78 is 5.90. The first-order valence-electron chi connectivity index (χ1n) is 5.92. The molecule has 2 rings (SSSR count). The van der Waals surface area contributed by atoms with Crippen LogP contribution < -0.4 is 5.32 Å². The summed E-state index contributed by atoms with van der Waals surface area (Å²) in [7, 11) is 1.93. The van der Waals surface area contributed by atoms with Crippen molar-refractivity contribution in [3.8, 4) is 0 Å². The lowest BCUT2D eigenvalue weighted by atomic mass is 9.97. The van der Waals surface area contributed by atoms with E-state index >= 15 is 0 Å². The van der Waals surface area contributed by atoms with E-state index in [9.17, 15) is 0 Å². The zero-order valence-corrected chi connectivity index (χ0v) is 10.2. The van der Waals surface area contributed by atoms with Gasteiger partial charge in [-0.2, -0.15) is 0 Å². The van der Waals surface area contributed by atoms with E-state index in [0.717, 1.165) is 24.3 Å². The summed E-state index contributed by atoms with van der Waals surface area (Å²) in [5, 5.41) is 4.33. The van der Waals surface area contributed by atoms with Crippen molar-refractivity contribution in [1.29, 1.82) is 0 Å². The molecule has 86 valence electrons. The van der Waals surface area contributed by atoms with Crippen LogP contribution in [0.15, 0.2) is 28.7 Å². The Kier molecular flexibility index (Phi) is 3.30. The van der Waals surface area contributed by atoms with Gasteiger partial charge in [0.25, 0.3) is 0 Å². The van der Waals surface area contributed by atoms with Gasteiger partial charge in [-0.3, -0.25) is 0 Å². The zero-order valence-electron chi connectivity index (χ0n) is 10.2. The number of rotatable bonds is 4. The smallest absolute Gasteiger partial charge is 0.137 e. The zero-order chi connectivity index (χ0) is 11.5. The second-order valence-electron chi connectivity index (χ2n) is 4.32. The van der Waals surface area contributed by atoms with Crippen molar-refractivity contribution in [2.45, 2.75) is 32.7 Å². The predicted octanol–water partition coefficient (Wildman–Crippen LogP) is 3.67. The molecule has 0 aliphatic heterocycles. The van der Waals surface area contributed by atoms with Crippen molar-refractivity contribution < 1.29 is 4.42 Å². The fourth-order valence-electron chi connectivity index (χ4n) is 2.01. The highest BCUT2D eigenvalue weighted by Gasteiger charge is 2.11. The number of hydrogen-bond acceptors (Lipinski definition) is 2. The highest BCUT2D eigenvalue weighted by atomic mass is 16.3. The van der Waals surface area contributed by atoms with Gasteiger partial charge in [0.1, 0.15) is 11.3 Å². The largest absolute Gasteiger partial charge is 0.459 e. The van der Waals surface area contributed by atoms with E-state index in [4.69, 9.17) is 4.42 Å². The molecule has 0 amide bonds. The van der Waals surface area contributed by atoms with Crippen LogP contribution in [0.2, 0.25) is 0 Å². The minimum absolute atomic E-state index is 0.553. The average molecular weight is 217 g/mol. The molecule has 1 aromatic heterocycles. The summed E-state index contributed by atoms with van der Waals surface area (Å²) in [5.74, 6) is 1.56. The minimum atomic E-state index is 0.553. The molecule has 0 saturated heterocycles. The molecule has 0 fully saturated rings. The normalized spacial score (nSPS) is 13.2. The van der Waals surface area contributed by atoms with Gasteiger partial charge in [0.15, 0.2) is 0 Å². The third-order valence-corrected chi connectivity index (χ3v) is 3.12. The fraction of sp³-hybridized carbons (Fsp3) is 0.429. The number of para-hydroxylation sites is 1. The molecule has 16 heavy (non-hydrogen) atoms. The molecule has 1 atom stereocenters. The third kappa shape index (κ3) is 1.98. The first kappa shape index (κ1) is 11.2. The number of nitrogens with one attached hydrogen (secondary N) is 1. The lowest BCUT2D eigenvalue weighted by Gasteiger charge is -2.08. The van der Waals surface area contributed by atoms with Gasteiger partial charge in [-0.25, -0.2) is 0 Å². The van der Waals surface area contributed by atoms with E-state index in [1.54, 1.807) is 0 Å². The van der Waals surface area contributed by atoms with Crippen LogP contribution in [0, 0.1) is 0 Å². The maximum absolute atomic E-state index is 5.90. The lowest BCUT2D eigenvalue weighted by Crippen LogP contribution is -2.03. The summed E-state index contributed by atoms with van der Waals surface area (Å²) in [4.78, 5) is 0. The average Bonchev–Trinajstić information content (AvgIpc) is 2.70. The number of furan rings is 1. The molecule has 0 radical (unpaired) electrons. The molecule has 0 bridgehead atoms. The van der Waals surface area contributed by atoms with Gasteiger partial charge < -0.3 is 9.73 Å². The van der Waals surface area contributed by atoms with Crippen LogP contribution in [0.3, 0.4) is 0 Å². The maximum Gasteiger partial charge on any atom is 0.137 e. The molecule has 1 heterocycles. The van der Waals surface area contributed by atoms with Crippen LogP contribution in [0.4, 0.5) is 0 Å². The monoisotopic (exact) mass is 217 g/mol. The maximum atomic E-state index is 5.90. The topological polar surface area (TPSA) is 25.2 Å². The lowest BCUT2D eigenvalue weighted by molar-refractivity contribution is 0.524. The van der Waals surface area contributed by atoms with Crippen LogP contribution in [0.1, 0.15) is 37.5 Å². The van der Waals surface area contributed by atoms with E-state index in [1.165, 1.54) is 10.9 Å². The molecule has 2 nitrogen and oxygen atoms in total. The van der Waals surface area contributed by atoms with Crippen LogP contribution >= 0.6 is 0 Å². The molecule has 0 spiro atoms. The summed E-state index contributed by atoms with van der Waals surface area (Å²) in [6, 6.07) is 8.52. The van der Waals surface area contributed by atoms with Gasteiger partial charge in [0.2, 0.25) is 0 Å². The van der Waals surface area contributed by atoms with E-state index in [2.05, 4.69) is 43.4 Å². The van der Waals surface area contributed by atoms with Gasteiger partial charge in [-0.05, 0) is 31.0 Å². The van der Waals surface area contributed by atoms with Crippen molar-refractivity contribution in [1.82, 2.24) is 5.32 Å². The molecule has 1 N–H and O–H groups in total. The Morgan fingerprint density at radius 3 is 2.88 bits per heavy atom. The van der Waals surface area contributed by atoms with Gasteiger partial charge in [0, 0.05) is 5.39 Å². The fourth-order valence-corrected chi connectivity index (χ4v) is 2.01. The van der Waals surface area contributed by atoms with Gasteiger partial charge >= 0.3 is 0 Å². The second kappa shape index (κ2) is 4.71. The first-order chi connectivity index (χ1) is 7.76. The number of benzene rings is 1. The Morgan fingerprint density at radius 2 is 2.19 bits per heavy atom. The van der Waals surface area contributed by atoms with Gasteiger partial charge in [-0.15, -0.1) is 0 Å². The number of hydrogen-bond donors (Lipinski definition) is 1. The highest BCUT2D eigenvalue weighted by Crippen LogP contribution is 2.29. The van der Waals surface area contributed by atoms with Crippen molar-refractivity contribution in [2.24, 2.45) is 0 Å². The van der Waals surface area contributed by atoms with Crippen LogP contribution in [-0.4, -0.2) is 7.05 Å². The first-order valence-corrected chi connectivity index (χ1v) is 5.92. The van der Waals surface area contributed by atoms with Gasteiger partial charge in [-0.1, -0.05) is 32.0 Å². The quantitative estimate of drug-likeness (QED) is 0.845. The molecule has 0 aliphatic rings. The summed E-state index contributed by atoms with van der Waals surface area (Å²) in [6.07, 6.45) is 1.14. The van der Waals surface area contributed by atoms with Crippen molar-refractivity contribution in [2.75, 3.05) is 7.05 Å². The summed E-state index contributed by atoms with van der Waals surface area (Å²) in [6.45, 7) is 5.24. The highest BCUT2D eigenvalue weighted by molar-refractivity contribution is 5.81. The van der Waals surface area contributed by atoms with Crippen molar-refractivity contribution in [3.63, 3.8) is 0 Å². The standard InChI is InChI=1S/C14H19NO/c1-4-10(2)13-7-5-6-11-8-12(9-15-3)16-14(11)13/h5-8,10,15H,4,9H2,1-3H3. The van der Waals surface area contributed by atoms with E-state index in [1.807, 2.05) is 7.05 Å². The molecule has 1 unspecified atom stereocenters. The Hall–Kier alpha value is -1.28. The van der Waals surface area contributed by atoms with E-state index < -0.39 is 0 Å². The van der Waals surface area contributed by atoms with Crippen LogP contribution in [-0.2, 0) is 6.54 Å². The Balaban J connectivity index is 2.49. The molecule has 0 saturated carbocycles. The summed E-state index contributed by atoms with van der Waals surface area (Å²) in [5.41, 5.74) is 2.38. The van der Waals surface area contributed by atoms with E-state index in [-0.39, 0.29) is 0 Å². The van der Waals surface area contributed by atoms with Crippen molar-refractivity contribution in [3.05, 3.63) is 35.6 Å². The predicted molar refractivity (Wildman–Crippen MR) is 67.7 cm³/mol. The third-order valence-electron chi connectivity index (χ3n) is 3.12. The molecule has 0 aliphatic carbocycles. The molecule has 2 aromatic rings. The Bertz CT molecular complexity index is 473. The second-order valence-corrected chi connectivity index (χ2v) is 4.32. The SMILES string of the molecule is CCC(C)c1cccc2cc(CNC)oc12. The molecule has 2 heteroatoms. The molecular weight excluding hydrogens is 198 g/mol. The summed E-state index contributed by atoms with van der Waals surface area (Å²) >= 11 is 0. The van der Waals surface area contributed by atoms with E-state index in [0.29, 0.717) is 5.92 Å². The Labute approximate surface area is 96.6 Å². The molecule has 1 aromatic carbocycles. The molecular formula is C14H19NO. The van der Waals surface area contributed by atoms with Gasteiger partial charge in [0.05, 0.1) is 6.54 Å². The Morgan fingerprint density at radius 1 is 1.38 bits per heavy atom.